The first-order valence-electron chi connectivity index (χ1n) is 7.88. The molecule has 0 saturated heterocycles. The molecule has 0 aliphatic heterocycles. The fourth-order valence-electron chi connectivity index (χ4n) is 2.03. The number of carbonyl (C=O) groups excluding carboxylic acids is 2. The van der Waals surface area contributed by atoms with Gasteiger partial charge in [0.1, 0.15) is 11.4 Å². The van der Waals surface area contributed by atoms with E-state index in [0.29, 0.717) is 28.2 Å². The fraction of sp³-hybridized carbons (Fsp3) is 0.278. The second-order valence-electron chi connectivity index (χ2n) is 5.92. The van der Waals surface area contributed by atoms with E-state index in [2.05, 4.69) is 29.5 Å². The average molecular weight is 380 g/mol. The van der Waals surface area contributed by atoms with Crippen molar-refractivity contribution in [3.63, 3.8) is 0 Å². The van der Waals surface area contributed by atoms with Gasteiger partial charge in [0.15, 0.2) is 0 Å². The van der Waals surface area contributed by atoms with Gasteiger partial charge in [-0.25, -0.2) is 4.98 Å². The minimum atomic E-state index is -0.457. The molecule has 2 aromatic rings. The molecule has 5 nitrogen and oxygen atoms in total. The van der Waals surface area contributed by atoms with Crippen LogP contribution in [0.1, 0.15) is 41.2 Å². The van der Waals surface area contributed by atoms with Gasteiger partial charge in [-0.05, 0) is 42.7 Å². The summed E-state index contributed by atoms with van der Waals surface area (Å²) in [6.45, 7) is 4.73. The monoisotopic (exact) mass is 379 g/mol. The summed E-state index contributed by atoms with van der Waals surface area (Å²) >= 11 is 11.9. The van der Waals surface area contributed by atoms with Crippen LogP contribution in [0.5, 0.6) is 0 Å². The van der Waals surface area contributed by atoms with Gasteiger partial charge >= 0.3 is 0 Å². The smallest absolute Gasteiger partial charge is 0.274 e. The number of amides is 2. The lowest BCUT2D eigenvalue weighted by Crippen LogP contribution is -2.27. The maximum Gasteiger partial charge on any atom is 0.274 e. The van der Waals surface area contributed by atoms with Gasteiger partial charge in [-0.3, -0.25) is 9.59 Å². The van der Waals surface area contributed by atoms with Crippen molar-refractivity contribution in [1.29, 1.82) is 0 Å². The third-order valence-corrected chi connectivity index (χ3v) is 3.95. The average Bonchev–Trinajstić information content (AvgIpc) is 2.57. The Bertz CT molecular complexity index is 779. The minimum absolute atomic E-state index is 0.127. The molecule has 0 saturated carbocycles. The molecule has 2 N–H and O–H groups in total. The maximum atomic E-state index is 12.3. The van der Waals surface area contributed by atoms with E-state index in [1.807, 2.05) is 0 Å². The van der Waals surface area contributed by atoms with Crippen molar-refractivity contribution in [2.45, 2.75) is 20.3 Å². The van der Waals surface area contributed by atoms with Gasteiger partial charge in [0, 0.05) is 11.6 Å². The van der Waals surface area contributed by atoms with E-state index in [1.54, 1.807) is 24.3 Å². The van der Waals surface area contributed by atoms with E-state index in [-0.39, 0.29) is 17.3 Å². The molecule has 1 aromatic heterocycles. The molecule has 1 aromatic carbocycles. The highest BCUT2D eigenvalue weighted by Gasteiger charge is 2.13. The van der Waals surface area contributed by atoms with E-state index in [4.69, 9.17) is 23.2 Å². The van der Waals surface area contributed by atoms with Crippen LogP contribution in [-0.2, 0) is 0 Å². The summed E-state index contributed by atoms with van der Waals surface area (Å²) in [5.41, 5.74) is 0.741. The standard InChI is InChI=1S/C18H19Cl2N3O2/c1-11(2)8-9-21-17(24)15-4-3-5-16(22-15)18(25)23-14-7-6-12(19)10-13(14)20/h3-7,10-11H,8-9H2,1-2H3,(H,21,24)(H,23,25). The summed E-state index contributed by atoms with van der Waals surface area (Å²) in [6, 6.07) is 9.47. The van der Waals surface area contributed by atoms with Crippen molar-refractivity contribution in [1.82, 2.24) is 10.3 Å². The molecule has 7 heteroatoms. The minimum Gasteiger partial charge on any atom is -0.351 e. The van der Waals surface area contributed by atoms with Crippen molar-refractivity contribution >= 4 is 40.7 Å². The van der Waals surface area contributed by atoms with Crippen LogP contribution in [0.3, 0.4) is 0 Å². The Morgan fingerprint density at radius 3 is 2.40 bits per heavy atom. The summed E-state index contributed by atoms with van der Waals surface area (Å²) in [4.78, 5) is 28.6. The van der Waals surface area contributed by atoms with E-state index < -0.39 is 5.91 Å². The van der Waals surface area contributed by atoms with Crippen LogP contribution in [0.4, 0.5) is 5.69 Å². The molecule has 132 valence electrons. The molecule has 0 fully saturated rings. The second kappa shape index (κ2) is 8.83. The number of hydrogen-bond acceptors (Lipinski definition) is 3. The molecular weight excluding hydrogens is 361 g/mol. The predicted molar refractivity (Wildman–Crippen MR) is 100 cm³/mol. The molecule has 0 bridgehead atoms. The molecule has 0 aliphatic carbocycles. The van der Waals surface area contributed by atoms with Crippen LogP contribution in [0.15, 0.2) is 36.4 Å². The highest BCUT2D eigenvalue weighted by Crippen LogP contribution is 2.25. The lowest BCUT2D eigenvalue weighted by atomic mass is 10.1. The van der Waals surface area contributed by atoms with Gasteiger partial charge in [-0.2, -0.15) is 0 Å². The van der Waals surface area contributed by atoms with Crippen molar-refractivity contribution in [3.05, 3.63) is 57.8 Å². The fourth-order valence-corrected chi connectivity index (χ4v) is 2.49. The number of carbonyl (C=O) groups is 2. The lowest BCUT2D eigenvalue weighted by molar-refractivity contribution is 0.0947. The van der Waals surface area contributed by atoms with Gasteiger partial charge in [-0.15, -0.1) is 0 Å². The number of nitrogens with zero attached hydrogens (tertiary/aromatic N) is 1. The largest absolute Gasteiger partial charge is 0.351 e. The molecule has 0 atom stereocenters. The summed E-state index contributed by atoms with van der Waals surface area (Å²) in [7, 11) is 0. The van der Waals surface area contributed by atoms with E-state index in [9.17, 15) is 9.59 Å². The molecule has 2 amide bonds. The molecule has 0 unspecified atom stereocenters. The highest BCUT2D eigenvalue weighted by atomic mass is 35.5. The van der Waals surface area contributed by atoms with E-state index in [1.165, 1.54) is 12.1 Å². The maximum absolute atomic E-state index is 12.3. The third-order valence-electron chi connectivity index (χ3n) is 3.40. The number of benzene rings is 1. The summed E-state index contributed by atoms with van der Waals surface area (Å²) in [6.07, 6.45) is 0.876. The SMILES string of the molecule is CC(C)CCNC(=O)c1cccc(C(=O)Nc2ccc(Cl)cc2Cl)n1. The Labute approximate surface area is 156 Å². The Morgan fingerprint density at radius 1 is 1.08 bits per heavy atom. The number of anilines is 1. The molecule has 2 rings (SSSR count). The Kier molecular flexibility index (Phi) is 6.79. The van der Waals surface area contributed by atoms with Gasteiger partial charge in [-0.1, -0.05) is 43.1 Å². The quantitative estimate of drug-likeness (QED) is 0.780. The van der Waals surface area contributed by atoms with Gasteiger partial charge in [0.25, 0.3) is 11.8 Å². The van der Waals surface area contributed by atoms with Crippen LogP contribution >= 0.6 is 23.2 Å². The van der Waals surface area contributed by atoms with Gasteiger partial charge in [0.2, 0.25) is 0 Å². The van der Waals surface area contributed by atoms with Crippen molar-refractivity contribution < 1.29 is 9.59 Å². The normalized spacial score (nSPS) is 10.6. The molecule has 0 radical (unpaired) electrons. The molecule has 0 spiro atoms. The molecular formula is C18H19Cl2N3O2. The van der Waals surface area contributed by atoms with E-state index in [0.717, 1.165) is 6.42 Å². The van der Waals surface area contributed by atoms with Crippen LogP contribution in [0.25, 0.3) is 0 Å². The first-order chi connectivity index (χ1) is 11.9. The van der Waals surface area contributed by atoms with Gasteiger partial charge in [0.05, 0.1) is 10.7 Å². The number of rotatable bonds is 6. The summed E-state index contributed by atoms with van der Waals surface area (Å²) in [5, 5.41) is 6.24. The number of pyridine rings is 1. The lowest BCUT2D eigenvalue weighted by Gasteiger charge is -2.09. The highest BCUT2D eigenvalue weighted by molar-refractivity contribution is 6.36. The molecule has 0 aliphatic rings. The first kappa shape index (κ1) is 19.2. The zero-order valence-corrected chi connectivity index (χ0v) is 15.5. The Hall–Kier alpha value is -2.11. The van der Waals surface area contributed by atoms with Crippen LogP contribution in [0, 0.1) is 5.92 Å². The number of aromatic nitrogens is 1. The molecule has 1 heterocycles. The number of nitrogens with one attached hydrogen (secondary N) is 2. The van der Waals surface area contributed by atoms with Crippen molar-refractivity contribution in [2.75, 3.05) is 11.9 Å². The Morgan fingerprint density at radius 2 is 1.76 bits per heavy atom. The van der Waals surface area contributed by atoms with Crippen LogP contribution in [-0.4, -0.2) is 23.3 Å². The zero-order valence-electron chi connectivity index (χ0n) is 14.0. The third kappa shape index (κ3) is 5.73. The molecule has 25 heavy (non-hydrogen) atoms. The van der Waals surface area contributed by atoms with Gasteiger partial charge < -0.3 is 10.6 Å². The zero-order chi connectivity index (χ0) is 18.4. The van der Waals surface area contributed by atoms with Crippen molar-refractivity contribution in [2.24, 2.45) is 5.92 Å². The topological polar surface area (TPSA) is 71.1 Å². The van der Waals surface area contributed by atoms with E-state index >= 15 is 0 Å². The van der Waals surface area contributed by atoms with Crippen LogP contribution in [0.2, 0.25) is 10.0 Å². The number of hydrogen-bond donors (Lipinski definition) is 2. The first-order valence-corrected chi connectivity index (χ1v) is 8.64. The predicted octanol–water partition coefficient (Wildman–Crippen LogP) is 4.42. The summed E-state index contributed by atoms with van der Waals surface area (Å²) in [5.74, 6) is -0.268. The Balaban J connectivity index is 2.06. The second-order valence-corrected chi connectivity index (χ2v) is 6.77. The summed E-state index contributed by atoms with van der Waals surface area (Å²) < 4.78 is 0. The van der Waals surface area contributed by atoms with Crippen LogP contribution < -0.4 is 10.6 Å². The van der Waals surface area contributed by atoms with Crippen molar-refractivity contribution in [3.8, 4) is 0 Å². The number of halogens is 2.